The van der Waals surface area contributed by atoms with Crippen molar-refractivity contribution in [2.24, 2.45) is 0 Å². The predicted octanol–water partition coefficient (Wildman–Crippen LogP) is 5.94. The van der Waals surface area contributed by atoms with Gasteiger partial charge in [-0.2, -0.15) is 0 Å². The third-order valence-corrected chi connectivity index (χ3v) is 9.56. The van der Waals surface area contributed by atoms with E-state index in [1.54, 1.807) is 35.5 Å². The Bertz CT molecular complexity index is 956. The van der Waals surface area contributed by atoms with Crippen LogP contribution in [0.15, 0.2) is 30.3 Å². The summed E-state index contributed by atoms with van der Waals surface area (Å²) in [6.45, 7) is 1.87. The minimum Gasteiger partial charge on any atom is -0.496 e. The van der Waals surface area contributed by atoms with Crippen LogP contribution in [-0.2, 0) is 10.5 Å². The molecule has 0 spiro atoms. The van der Waals surface area contributed by atoms with Crippen LogP contribution >= 0.6 is 35.9 Å². The monoisotopic (exact) mass is 556 g/mol. The van der Waals surface area contributed by atoms with Crippen LogP contribution in [0.25, 0.3) is 0 Å². The predicted molar refractivity (Wildman–Crippen MR) is 154 cm³/mol. The highest BCUT2D eigenvalue weighted by Crippen LogP contribution is 2.57. The lowest BCUT2D eigenvalue weighted by molar-refractivity contribution is 0.346. The van der Waals surface area contributed by atoms with Crippen LogP contribution in [0.1, 0.15) is 24.0 Å². The van der Waals surface area contributed by atoms with Crippen LogP contribution in [0.2, 0.25) is 0 Å². The number of halogens is 1. The number of nitrogens with zero attached hydrogens (tertiary/aromatic N) is 1. The summed E-state index contributed by atoms with van der Waals surface area (Å²) in [5.41, 5.74) is 2.40. The first-order chi connectivity index (χ1) is 17.0. The molecule has 2 aromatic rings. The molecule has 2 aromatic carbocycles. The molecule has 3 rings (SSSR count). The number of hydrogen-bond acceptors (Lipinski definition) is 8. The minimum atomic E-state index is -0.104. The van der Waals surface area contributed by atoms with E-state index in [-0.39, 0.29) is 16.5 Å². The SMILES string of the molecule is COc1ccc(CCN(C)C[CH]CC2(c3cc(OC)c(OC)cc3OC)SCCCS2)cc1OC.Cl. The molecular weight excluding hydrogens is 518 g/mol. The molecule has 0 amide bonds. The molecule has 0 unspecified atom stereocenters. The molecular formula is C27H39ClNO5S2. The van der Waals surface area contributed by atoms with Crippen molar-refractivity contribution in [2.75, 3.05) is 67.2 Å². The number of hydrogen-bond donors (Lipinski definition) is 0. The summed E-state index contributed by atoms with van der Waals surface area (Å²) in [6, 6.07) is 10.2. The molecule has 0 aromatic heterocycles. The number of ether oxygens (including phenoxy) is 5. The van der Waals surface area contributed by atoms with E-state index in [9.17, 15) is 0 Å². The summed E-state index contributed by atoms with van der Waals surface area (Å²) in [4.78, 5) is 2.36. The normalized spacial score (nSPS) is 14.6. The van der Waals surface area contributed by atoms with Crippen LogP contribution < -0.4 is 23.7 Å². The fourth-order valence-electron chi connectivity index (χ4n) is 4.21. The molecule has 9 heteroatoms. The zero-order valence-corrected chi connectivity index (χ0v) is 24.6. The first-order valence-electron chi connectivity index (χ1n) is 11.8. The highest BCUT2D eigenvalue weighted by atomic mass is 35.5. The van der Waals surface area contributed by atoms with Gasteiger partial charge in [0.15, 0.2) is 23.0 Å². The maximum Gasteiger partial charge on any atom is 0.164 e. The van der Waals surface area contributed by atoms with Gasteiger partial charge in [-0.05, 0) is 68.0 Å². The van der Waals surface area contributed by atoms with Crippen LogP contribution in [0.4, 0.5) is 0 Å². The molecule has 6 nitrogen and oxygen atoms in total. The second-order valence-corrected chi connectivity index (χ2v) is 11.5. The first-order valence-corrected chi connectivity index (χ1v) is 13.8. The molecule has 36 heavy (non-hydrogen) atoms. The minimum absolute atomic E-state index is 0. The third kappa shape index (κ3) is 7.46. The molecule has 0 aliphatic carbocycles. The van der Waals surface area contributed by atoms with Crippen molar-refractivity contribution in [1.82, 2.24) is 4.90 Å². The lowest BCUT2D eigenvalue weighted by Gasteiger charge is -2.38. The lowest BCUT2D eigenvalue weighted by Crippen LogP contribution is -2.28. The smallest absolute Gasteiger partial charge is 0.164 e. The van der Waals surface area contributed by atoms with E-state index in [1.165, 1.54) is 12.0 Å². The average Bonchev–Trinajstić information content (AvgIpc) is 2.91. The Morgan fingerprint density at radius 1 is 0.806 bits per heavy atom. The molecule has 1 heterocycles. The Morgan fingerprint density at radius 2 is 1.39 bits per heavy atom. The number of methoxy groups -OCH3 is 5. The van der Waals surface area contributed by atoms with Crippen molar-refractivity contribution in [1.29, 1.82) is 0 Å². The van der Waals surface area contributed by atoms with Gasteiger partial charge in [0.1, 0.15) is 5.75 Å². The summed E-state index contributed by atoms with van der Waals surface area (Å²) in [7, 11) is 10.6. The molecule has 0 bridgehead atoms. The fraction of sp³-hybridized carbons (Fsp3) is 0.519. The van der Waals surface area contributed by atoms with Gasteiger partial charge in [-0.25, -0.2) is 0 Å². The lowest BCUT2D eigenvalue weighted by atomic mass is 10.0. The van der Waals surface area contributed by atoms with Gasteiger partial charge in [0.2, 0.25) is 0 Å². The Kier molecular flexibility index (Phi) is 12.7. The van der Waals surface area contributed by atoms with Gasteiger partial charge in [-0.1, -0.05) is 6.07 Å². The van der Waals surface area contributed by atoms with E-state index < -0.39 is 0 Å². The van der Waals surface area contributed by atoms with Crippen molar-refractivity contribution in [2.45, 2.75) is 23.3 Å². The van der Waals surface area contributed by atoms with Crippen LogP contribution in [-0.4, -0.2) is 72.1 Å². The highest BCUT2D eigenvalue weighted by Gasteiger charge is 2.38. The highest BCUT2D eigenvalue weighted by molar-refractivity contribution is 8.18. The topological polar surface area (TPSA) is 49.4 Å². The van der Waals surface area contributed by atoms with E-state index in [4.69, 9.17) is 23.7 Å². The zero-order valence-electron chi connectivity index (χ0n) is 22.1. The van der Waals surface area contributed by atoms with E-state index in [2.05, 4.69) is 36.6 Å². The van der Waals surface area contributed by atoms with Crippen molar-refractivity contribution >= 4 is 35.9 Å². The Hall–Kier alpha value is -1.61. The maximum atomic E-state index is 5.81. The van der Waals surface area contributed by atoms with Crippen LogP contribution in [0.3, 0.4) is 0 Å². The molecule has 1 aliphatic rings. The second kappa shape index (κ2) is 15.0. The Balaban J connectivity index is 0.00000456. The summed E-state index contributed by atoms with van der Waals surface area (Å²) in [5.74, 6) is 6.07. The summed E-state index contributed by atoms with van der Waals surface area (Å²) in [5, 5.41) is 0. The molecule has 1 fully saturated rings. The standard InChI is InChI=1S/C27H38NO5S2.ClH/c1-28(14-11-20-9-10-22(29-2)24(17-20)31-4)13-7-12-27(34-15-8-16-35-27)21-18-25(32-5)26(33-6)19-23(21)30-3;/h7,9-10,17-19H,8,11-16H2,1-6H3;1H. The number of rotatable bonds is 13. The van der Waals surface area contributed by atoms with Gasteiger partial charge in [-0.15, -0.1) is 35.9 Å². The van der Waals surface area contributed by atoms with Gasteiger partial charge >= 0.3 is 0 Å². The second-order valence-electron chi connectivity index (χ2n) is 8.41. The first kappa shape index (κ1) is 30.6. The van der Waals surface area contributed by atoms with Gasteiger partial charge in [0, 0.05) is 24.7 Å². The summed E-state index contributed by atoms with van der Waals surface area (Å²) >= 11 is 4.01. The van der Waals surface area contributed by atoms with Crippen molar-refractivity contribution < 1.29 is 23.7 Å². The largest absolute Gasteiger partial charge is 0.496 e. The maximum absolute atomic E-state index is 5.81. The van der Waals surface area contributed by atoms with Crippen LogP contribution in [0.5, 0.6) is 28.7 Å². The average molecular weight is 557 g/mol. The molecule has 0 atom stereocenters. The molecule has 0 N–H and O–H groups in total. The van der Waals surface area contributed by atoms with Gasteiger partial charge in [0.25, 0.3) is 0 Å². The van der Waals surface area contributed by atoms with E-state index in [0.29, 0.717) is 5.75 Å². The number of thioether (sulfide) groups is 2. The molecule has 0 saturated carbocycles. The molecule has 1 aliphatic heterocycles. The zero-order chi connectivity index (χ0) is 25.3. The quantitative estimate of drug-likeness (QED) is 0.300. The molecule has 1 saturated heterocycles. The van der Waals surface area contributed by atoms with E-state index in [1.807, 2.05) is 35.7 Å². The van der Waals surface area contributed by atoms with Crippen molar-refractivity contribution in [3.63, 3.8) is 0 Å². The van der Waals surface area contributed by atoms with Gasteiger partial charge < -0.3 is 28.6 Å². The Morgan fingerprint density at radius 3 is 2.00 bits per heavy atom. The van der Waals surface area contributed by atoms with Crippen molar-refractivity contribution in [3.05, 3.63) is 47.9 Å². The van der Waals surface area contributed by atoms with E-state index >= 15 is 0 Å². The van der Waals surface area contributed by atoms with Crippen LogP contribution in [0, 0.1) is 6.42 Å². The summed E-state index contributed by atoms with van der Waals surface area (Å²) in [6.07, 6.45) is 5.51. The molecule has 1 radical (unpaired) electrons. The fourth-order valence-corrected chi connectivity index (χ4v) is 7.56. The van der Waals surface area contributed by atoms with Gasteiger partial charge in [-0.3, -0.25) is 0 Å². The number of benzene rings is 2. The molecule has 201 valence electrons. The summed E-state index contributed by atoms with van der Waals surface area (Å²) < 4.78 is 27.6. The Labute approximate surface area is 231 Å². The van der Waals surface area contributed by atoms with E-state index in [0.717, 1.165) is 66.0 Å². The number of likely N-dealkylation sites (N-methyl/N-ethyl adjacent to an activating group) is 1. The third-order valence-electron chi connectivity index (χ3n) is 6.16. The van der Waals surface area contributed by atoms with Gasteiger partial charge in [0.05, 0.1) is 39.6 Å². The van der Waals surface area contributed by atoms with Crippen molar-refractivity contribution in [3.8, 4) is 28.7 Å².